The predicted octanol–water partition coefficient (Wildman–Crippen LogP) is 2.12. The highest BCUT2D eigenvalue weighted by Gasteiger charge is 2.07. The van der Waals surface area contributed by atoms with Gasteiger partial charge in [0, 0.05) is 6.04 Å². The van der Waals surface area contributed by atoms with Crippen LogP contribution in [0.3, 0.4) is 0 Å². The summed E-state index contributed by atoms with van der Waals surface area (Å²) < 4.78 is 0. The largest absolute Gasteiger partial charge is 0.271 e. The Balaban J connectivity index is 2.46. The van der Waals surface area contributed by atoms with Gasteiger partial charge in [-0.2, -0.15) is 0 Å². The van der Waals surface area contributed by atoms with Gasteiger partial charge in [0.2, 0.25) is 0 Å². The summed E-state index contributed by atoms with van der Waals surface area (Å²) in [5.74, 6) is 5.40. The maximum absolute atomic E-state index is 5.40. The van der Waals surface area contributed by atoms with Crippen molar-refractivity contribution in [2.45, 2.75) is 51.5 Å². The molecule has 0 aromatic heterocycles. The molecule has 70 valence electrons. The van der Waals surface area contributed by atoms with Gasteiger partial charge in [-0.05, 0) is 32.6 Å². The predicted molar refractivity (Wildman–Crippen MR) is 52.6 cm³/mol. The van der Waals surface area contributed by atoms with Gasteiger partial charge in [0.1, 0.15) is 0 Å². The molecule has 2 nitrogen and oxygen atoms in total. The Bertz CT molecular complexity index is 152. The highest BCUT2D eigenvalue weighted by atomic mass is 15.2. The topological polar surface area (TPSA) is 38.0 Å². The molecular formula is C10H20N2. The molecule has 0 amide bonds. The SMILES string of the molecule is CC(NN)C1=CCCCCCC1. The first-order valence-electron chi connectivity index (χ1n) is 4.99. The van der Waals surface area contributed by atoms with Crippen LogP contribution in [0.25, 0.3) is 0 Å². The Kier molecular flexibility index (Phi) is 4.33. The minimum Gasteiger partial charge on any atom is -0.271 e. The van der Waals surface area contributed by atoms with Crippen molar-refractivity contribution in [1.29, 1.82) is 0 Å². The molecule has 1 rings (SSSR count). The average Bonchev–Trinajstić information content (AvgIpc) is 2.02. The van der Waals surface area contributed by atoms with Gasteiger partial charge in [-0.15, -0.1) is 0 Å². The van der Waals surface area contributed by atoms with Gasteiger partial charge >= 0.3 is 0 Å². The Morgan fingerprint density at radius 1 is 1.33 bits per heavy atom. The third-order valence-corrected chi connectivity index (χ3v) is 2.63. The van der Waals surface area contributed by atoms with Crippen molar-refractivity contribution in [3.05, 3.63) is 11.6 Å². The molecule has 0 aromatic carbocycles. The molecule has 0 bridgehead atoms. The smallest absolute Gasteiger partial charge is 0.0391 e. The van der Waals surface area contributed by atoms with Crippen molar-refractivity contribution in [2.75, 3.05) is 0 Å². The third-order valence-electron chi connectivity index (χ3n) is 2.63. The minimum atomic E-state index is 0.364. The molecule has 1 aliphatic rings. The lowest BCUT2D eigenvalue weighted by Crippen LogP contribution is -2.34. The van der Waals surface area contributed by atoms with Crippen molar-refractivity contribution in [3.8, 4) is 0 Å². The highest BCUT2D eigenvalue weighted by molar-refractivity contribution is 5.09. The summed E-state index contributed by atoms with van der Waals surface area (Å²) in [7, 11) is 0. The van der Waals surface area contributed by atoms with Crippen LogP contribution in [0.4, 0.5) is 0 Å². The Morgan fingerprint density at radius 3 is 2.83 bits per heavy atom. The van der Waals surface area contributed by atoms with Gasteiger partial charge in [0.25, 0.3) is 0 Å². The lowest BCUT2D eigenvalue weighted by molar-refractivity contribution is 0.563. The van der Waals surface area contributed by atoms with E-state index < -0.39 is 0 Å². The first-order chi connectivity index (χ1) is 5.84. The van der Waals surface area contributed by atoms with Crippen LogP contribution in [0.5, 0.6) is 0 Å². The zero-order valence-electron chi connectivity index (χ0n) is 7.97. The average molecular weight is 168 g/mol. The Labute approximate surface area is 75.2 Å². The number of nitrogens with two attached hydrogens (primary N) is 1. The van der Waals surface area contributed by atoms with Gasteiger partial charge in [0.05, 0.1) is 0 Å². The molecule has 0 radical (unpaired) electrons. The van der Waals surface area contributed by atoms with E-state index in [0.717, 1.165) is 0 Å². The summed E-state index contributed by atoms with van der Waals surface area (Å²) in [6.07, 6.45) is 10.3. The van der Waals surface area contributed by atoms with Crippen molar-refractivity contribution >= 4 is 0 Å². The van der Waals surface area contributed by atoms with E-state index in [-0.39, 0.29) is 0 Å². The zero-order chi connectivity index (χ0) is 8.81. The maximum Gasteiger partial charge on any atom is 0.0391 e. The first-order valence-corrected chi connectivity index (χ1v) is 4.99. The van der Waals surface area contributed by atoms with Crippen molar-refractivity contribution < 1.29 is 0 Å². The van der Waals surface area contributed by atoms with Gasteiger partial charge < -0.3 is 0 Å². The van der Waals surface area contributed by atoms with Crippen LogP contribution < -0.4 is 11.3 Å². The standard InChI is InChI=1S/C10H20N2/c1-9(12-11)10-7-5-3-2-4-6-8-10/h7,9,12H,2-6,8,11H2,1H3. The van der Waals surface area contributed by atoms with Gasteiger partial charge in [-0.25, -0.2) is 0 Å². The van der Waals surface area contributed by atoms with E-state index in [1.54, 1.807) is 0 Å². The van der Waals surface area contributed by atoms with E-state index in [1.165, 1.54) is 44.1 Å². The van der Waals surface area contributed by atoms with Crippen LogP contribution in [0, 0.1) is 0 Å². The van der Waals surface area contributed by atoms with E-state index in [1.807, 2.05) is 0 Å². The number of hydrogen-bond acceptors (Lipinski definition) is 2. The summed E-state index contributed by atoms with van der Waals surface area (Å²) in [5, 5.41) is 0. The van der Waals surface area contributed by atoms with Crippen LogP contribution in [0.1, 0.15) is 45.4 Å². The molecule has 0 saturated carbocycles. The zero-order valence-corrected chi connectivity index (χ0v) is 7.97. The van der Waals surface area contributed by atoms with E-state index in [9.17, 15) is 0 Å². The van der Waals surface area contributed by atoms with Gasteiger partial charge in [-0.3, -0.25) is 11.3 Å². The second kappa shape index (κ2) is 5.33. The van der Waals surface area contributed by atoms with Crippen LogP contribution in [0.2, 0.25) is 0 Å². The highest BCUT2D eigenvalue weighted by Crippen LogP contribution is 2.18. The fraction of sp³-hybridized carbons (Fsp3) is 0.800. The molecule has 12 heavy (non-hydrogen) atoms. The minimum absolute atomic E-state index is 0.364. The van der Waals surface area contributed by atoms with E-state index in [0.29, 0.717) is 6.04 Å². The molecule has 0 aliphatic heterocycles. The van der Waals surface area contributed by atoms with E-state index >= 15 is 0 Å². The molecule has 0 saturated heterocycles. The Hall–Kier alpha value is -0.340. The molecule has 1 atom stereocenters. The Morgan fingerprint density at radius 2 is 2.08 bits per heavy atom. The number of hydrogen-bond donors (Lipinski definition) is 2. The molecule has 2 heteroatoms. The summed E-state index contributed by atoms with van der Waals surface area (Å²) in [4.78, 5) is 0. The monoisotopic (exact) mass is 168 g/mol. The molecule has 1 aliphatic carbocycles. The first kappa shape index (κ1) is 9.75. The van der Waals surface area contributed by atoms with E-state index in [2.05, 4.69) is 18.4 Å². The lowest BCUT2D eigenvalue weighted by atomic mass is 9.96. The molecular weight excluding hydrogens is 148 g/mol. The van der Waals surface area contributed by atoms with E-state index in [4.69, 9.17) is 5.84 Å². The number of rotatable bonds is 2. The van der Waals surface area contributed by atoms with Crippen molar-refractivity contribution in [3.63, 3.8) is 0 Å². The quantitative estimate of drug-likeness (QED) is 0.376. The molecule has 3 N–H and O–H groups in total. The summed E-state index contributed by atoms with van der Waals surface area (Å²) in [6, 6.07) is 0.364. The van der Waals surface area contributed by atoms with Gasteiger partial charge in [0.15, 0.2) is 0 Å². The molecule has 0 fully saturated rings. The van der Waals surface area contributed by atoms with Crippen LogP contribution >= 0.6 is 0 Å². The fourth-order valence-corrected chi connectivity index (χ4v) is 1.72. The lowest BCUT2D eigenvalue weighted by Gasteiger charge is -2.17. The third kappa shape index (κ3) is 2.95. The van der Waals surface area contributed by atoms with Crippen LogP contribution in [-0.2, 0) is 0 Å². The number of hydrazine groups is 1. The number of nitrogens with one attached hydrogen (secondary N) is 1. The summed E-state index contributed by atoms with van der Waals surface area (Å²) in [5.41, 5.74) is 4.31. The van der Waals surface area contributed by atoms with Crippen LogP contribution in [0.15, 0.2) is 11.6 Å². The maximum atomic E-state index is 5.40. The second-order valence-corrected chi connectivity index (χ2v) is 3.62. The molecule has 0 aromatic rings. The van der Waals surface area contributed by atoms with Crippen molar-refractivity contribution in [2.24, 2.45) is 5.84 Å². The number of allylic oxidation sites excluding steroid dienone is 1. The van der Waals surface area contributed by atoms with Crippen molar-refractivity contribution in [1.82, 2.24) is 5.43 Å². The summed E-state index contributed by atoms with van der Waals surface area (Å²) in [6.45, 7) is 2.13. The second-order valence-electron chi connectivity index (χ2n) is 3.62. The van der Waals surface area contributed by atoms with Gasteiger partial charge in [-0.1, -0.05) is 24.5 Å². The fourth-order valence-electron chi connectivity index (χ4n) is 1.72. The summed E-state index contributed by atoms with van der Waals surface area (Å²) >= 11 is 0. The molecule has 1 unspecified atom stereocenters. The normalized spacial score (nSPS) is 22.3. The molecule has 0 spiro atoms. The van der Waals surface area contributed by atoms with Crippen LogP contribution in [-0.4, -0.2) is 6.04 Å². The molecule has 0 heterocycles.